The first-order valence-corrected chi connectivity index (χ1v) is 10.3. The molecule has 0 atom stereocenters. The fourth-order valence-corrected chi connectivity index (χ4v) is 3.52. The Morgan fingerprint density at radius 1 is 1.00 bits per heavy atom. The normalized spacial score (nSPS) is 14.1. The van der Waals surface area contributed by atoms with Crippen molar-refractivity contribution in [2.24, 2.45) is 0 Å². The summed E-state index contributed by atoms with van der Waals surface area (Å²) in [6.45, 7) is 7.40. The first-order chi connectivity index (χ1) is 14.7. The highest BCUT2D eigenvalue weighted by Crippen LogP contribution is 2.30. The maximum absolute atomic E-state index is 12.7. The van der Waals surface area contributed by atoms with Crippen molar-refractivity contribution in [3.05, 3.63) is 54.1 Å². The number of hydrogen-bond donors (Lipinski definition) is 0. The second kappa shape index (κ2) is 10.6. The van der Waals surface area contributed by atoms with Crippen LogP contribution in [0.1, 0.15) is 19.4 Å². The van der Waals surface area contributed by atoms with Gasteiger partial charge in [0, 0.05) is 26.2 Å². The predicted octanol–water partition coefficient (Wildman–Crippen LogP) is 3.85. The number of nitrogens with zero attached hydrogens (tertiary/aromatic N) is 2. The Balaban J connectivity index is 1.55. The third-order valence-corrected chi connectivity index (χ3v) is 5.04. The third-order valence-electron chi connectivity index (χ3n) is 5.04. The Hall–Kier alpha value is -3.15. The molecule has 0 aromatic heterocycles. The maximum atomic E-state index is 12.7. The van der Waals surface area contributed by atoms with Gasteiger partial charge in [0.05, 0.1) is 19.4 Å². The summed E-state index contributed by atoms with van der Waals surface area (Å²) in [5.74, 6) is 2.06. The lowest BCUT2D eigenvalue weighted by Gasteiger charge is -2.36. The van der Waals surface area contributed by atoms with Gasteiger partial charge in [-0.15, -0.1) is 0 Å². The summed E-state index contributed by atoms with van der Waals surface area (Å²) in [4.78, 5) is 16.8. The van der Waals surface area contributed by atoms with E-state index in [1.807, 2.05) is 67.3 Å². The number of piperazine rings is 1. The molecule has 0 saturated carbocycles. The number of rotatable bonds is 8. The minimum absolute atomic E-state index is 0.00510. The molecule has 2 aromatic rings. The second-order valence-electron chi connectivity index (χ2n) is 6.97. The molecule has 1 heterocycles. The topological polar surface area (TPSA) is 51.2 Å². The number of amides is 1. The van der Waals surface area contributed by atoms with E-state index in [1.165, 1.54) is 0 Å². The Morgan fingerprint density at radius 3 is 2.47 bits per heavy atom. The van der Waals surface area contributed by atoms with Crippen LogP contribution in [-0.2, 0) is 4.79 Å². The molecule has 1 fully saturated rings. The van der Waals surface area contributed by atoms with E-state index < -0.39 is 0 Å². The number of para-hydroxylation sites is 2. The Morgan fingerprint density at radius 2 is 1.77 bits per heavy atom. The van der Waals surface area contributed by atoms with Crippen LogP contribution in [0.3, 0.4) is 0 Å². The van der Waals surface area contributed by atoms with Crippen molar-refractivity contribution >= 4 is 17.7 Å². The summed E-state index contributed by atoms with van der Waals surface area (Å²) in [5.41, 5.74) is 2.10. The van der Waals surface area contributed by atoms with Crippen LogP contribution in [0, 0.1) is 0 Å². The average Bonchev–Trinajstić information content (AvgIpc) is 2.79. The molecule has 0 aliphatic carbocycles. The first kappa shape index (κ1) is 21.6. The van der Waals surface area contributed by atoms with Gasteiger partial charge >= 0.3 is 0 Å². The molecule has 0 N–H and O–H groups in total. The zero-order valence-electron chi connectivity index (χ0n) is 18.0. The highest BCUT2D eigenvalue weighted by atomic mass is 16.5. The zero-order chi connectivity index (χ0) is 21.3. The smallest absolute Gasteiger partial charge is 0.260 e. The summed E-state index contributed by atoms with van der Waals surface area (Å²) in [7, 11) is 1.60. The van der Waals surface area contributed by atoms with Crippen molar-refractivity contribution < 1.29 is 19.0 Å². The van der Waals surface area contributed by atoms with Gasteiger partial charge in [0.2, 0.25) is 0 Å². The van der Waals surface area contributed by atoms with Gasteiger partial charge in [-0.3, -0.25) is 4.79 Å². The lowest BCUT2D eigenvalue weighted by Crippen LogP contribution is -2.50. The molecule has 1 amide bonds. The molecule has 1 aliphatic rings. The molecule has 0 unspecified atom stereocenters. The van der Waals surface area contributed by atoms with Crippen LogP contribution in [0.5, 0.6) is 17.2 Å². The minimum atomic E-state index is -0.0210. The molecular weight excluding hydrogens is 380 g/mol. The number of carbonyl (C=O) groups is 1. The van der Waals surface area contributed by atoms with Crippen LogP contribution in [-0.4, -0.2) is 57.3 Å². The summed E-state index contributed by atoms with van der Waals surface area (Å²) in [6.07, 6.45) is 3.95. The van der Waals surface area contributed by atoms with Crippen molar-refractivity contribution in [1.82, 2.24) is 4.90 Å². The van der Waals surface area contributed by atoms with Crippen molar-refractivity contribution in [1.29, 1.82) is 0 Å². The van der Waals surface area contributed by atoms with Gasteiger partial charge in [-0.25, -0.2) is 0 Å². The van der Waals surface area contributed by atoms with Crippen molar-refractivity contribution in [3.63, 3.8) is 0 Å². The van der Waals surface area contributed by atoms with Crippen molar-refractivity contribution in [3.8, 4) is 17.2 Å². The molecule has 0 bridgehead atoms. The summed E-state index contributed by atoms with van der Waals surface area (Å²) in [6, 6.07) is 13.7. The van der Waals surface area contributed by atoms with Crippen LogP contribution in [0.15, 0.2) is 48.5 Å². The summed E-state index contributed by atoms with van der Waals surface area (Å²) in [5, 5.41) is 0. The van der Waals surface area contributed by atoms with Gasteiger partial charge in [-0.2, -0.15) is 0 Å². The molecule has 6 nitrogen and oxygen atoms in total. The fraction of sp³-hybridized carbons (Fsp3) is 0.375. The van der Waals surface area contributed by atoms with E-state index in [1.54, 1.807) is 7.11 Å². The van der Waals surface area contributed by atoms with Crippen LogP contribution in [0.4, 0.5) is 5.69 Å². The van der Waals surface area contributed by atoms with Crippen molar-refractivity contribution in [2.75, 3.05) is 51.4 Å². The lowest BCUT2D eigenvalue weighted by molar-refractivity contribution is -0.133. The zero-order valence-corrected chi connectivity index (χ0v) is 18.0. The van der Waals surface area contributed by atoms with E-state index in [2.05, 4.69) is 11.0 Å². The molecule has 0 radical (unpaired) electrons. The van der Waals surface area contributed by atoms with Gasteiger partial charge in [-0.05, 0) is 43.7 Å². The van der Waals surface area contributed by atoms with Crippen LogP contribution in [0.2, 0.25) is 0 Å². The van der Waals surface area contributed by atoms with E-state index >= 15 is 0 Å². The van der Waals surface area contributed by atoms with E-state index in [9.17, 15) is 4.79 Å². The van der Waals surface area contributed by atoms with Gasteiger partial charge in [-0.1, -0.05) is 30.4 Å². The molecule has 30 heavy (non-hydrogen) atoms. The quantitative estimate of drug-likeness (QED) is 0.662. The number of methoxy groups -OCH3 is 1. The van der Waals surface area contributed by atoms with Crippen LogP contribution in [0.25, 0.3) is 6.08 Å². The number of benzene rings is 2. The highest BCUT2D eigenvalue weighted by Gasteiger charge is 2.23. The Labute approximate surface area is 178 Å². The number of anilines is 1. The van der Waals surface area contributed by atoms with Gasteiger partial charge in [0.15, 0.2) is 18.1 Å². The predicted molar refractivity (Wildman–Crippen MR) is 120 cm³/mol. The standard InChI is InChI=1S/C24H30N2O4/c1-4-8-19-11-12-22(23(17-19)28-3)30-18-24(27)26-15-13-25(14-16-26)20-9-6-7-10-21(20)29-5-2/h4,6-12,17H,5,13-16,18H2,1-3H3. The minimum Gasteiger partial charge on any atom is -0.493 e. The number of hydrogen-bond acceptors (Lipinski definition) is 5. The molecule has 1 aliphatic heterocycles. The first-order valence-electron chi connectivity index (χ1n) is 10.3. The average molecular weight is 411 g/mol. The van der Waals surface area contributed by atoms with Crippen LogP contribution < -0.4 is 19.1 Å². The number of allylic oxidation sites excluding steroid dienone is 1. The van der Waals surface area contributed by atoms with Crippen LogP contribution >= 0.6 is 0 Å². The molecule has 1 saturated heterocycles. The maximum Gasteiger partial charge on any atom is 0.260 e. The monoisotopic (exact) mass is 410 g/mol. The lowest BCUT2D eigenvalue weighted by atomic mass is 10.2. The molecule has 6 heteroatoms. The Kier molecular flexibility index (Phi) is 7.60. The second-order valence-corrected chi connectivity index (χ2v) is 6.97. The largest absolute Gasteiger partial charge is 0.493 e. The summed E-state index contributed by atoms with van der Waals surface area (Å²) < 4.78 is 16.9. The number of carbonyl (C=O) groups excluding carboxylic acids is 1. The SMILES string of the molecule is CC=Cc1ccc(OCC(=O)N2CCN(c3ccccc3OCC)CC2)c(OC)c1. The van der Waals surface area contributed by atoms with E-state index in [-0.39, 0.29) is 12.5 Å². The fourth-order valence-electron chi connectivity index (χ4n) is 3.52. The summed E-state index contributed by atoms with van der Waals surface area (Å²) >= 11 is 0. The van der Waals surface area contributed by atoms with E-state index in [0.717, 1.165) is 30.1 Å². The third kappa shape index (κ3) is 5.26. The molecule has 160 valence electrons. The van der Waals surface area contributed by atoms with E-state index in [0.29, 0.717) is 31.2 Å². The van der Waals surface area contributed by atoms with Crippen molar-refractivity contribution in [2.45, 2.75) is 13.8 Å². The Bertz CT molecular complexity index is 873. The van der Waals surface area contributed by atoms with E-state index in [4.69, 9.17) is 14.2 Å². The number of ether oxygens (including phenoxy) is 3. The molecule has 3 rings (SSSR count). The molecule has 2 aromatic carbocycles. The molecule has 0 spiro atoms. The van der Waals surface area contributed by atoms with Gasteiger partial charge in [0.1, 0.15) is 5.75 Å². The van der Waals surface area contributed by atoms with Gasteiger partial charge in [0.25, 0.3) is 5.91 Å². The molecular formula is C24H30N2O4. The van der Waals surface area contributed by atoms with Gasteiger partial charge < -0.3 is 24.0 Å². The highest BCUT2D eigenvalue weighted by molar-refractivity contribution is 5.78.